The monoisotopic (exact) mass is 809 g/mol. The Morgan fingerprint density at radius 3 is 1.17 bits per heavy atom. The molecule has 0 aliphatic carbocycles. The molecule has 0 aliphatic heterocycles. The predicted octanol–water partition coefficient (Wildman–Crippen LogP) is 16.9. The topological polar surface area (TPSA) is 55.8 Å². The molecule has 0 saturated carbocycles. The molecule has 0 heterocycles. The number of hydrogen-bond acceptors (Lipinski definition) is 4. The van der Waals surface area contributed by atoms with Gasteiger partial charge in [-0.05, 0) is 64.2 Å². The highest BCUT2D eigenvalue weighted by atomic mass is 16.6. The first-order valence-electron chi connectivity index (χ1n) is 25.0. The standard InChI is InChI=1S/C54H96O4/c1-3-5-7-9-11-13-15-17-19-21-23-25-26-27-28-29-30-32-34-36-38-40-42-44-46-48-50-57-52-53(51-55)58-54(56)49-47-45-43-41-39-37-35-33-31-24-22-20-18-16-14-12-10-8-6-4-2/h5,7,11,13,17,19,23,25,27-28,30,32,53,55H,3-4,6,8-10,12,14-16,18,20-22,24,26,29,31,33-52H2,1-2H3/b7-5-,13-11-,19-17-,25-23-,28-27-,32-30-. The molecule has 0 aromatic rings. The number of allylic oxidation sites excluding steroid dienone is 12. The summed E-state index contributed by atoms with van der Waals surface area (Å²) in [5.74, 6) is -0.203. The number of esters is 1. The van der Waals surface area contributed by atoms with E-state index in [-0.39, 0.29) is 19.2 Å². The molecule has 0 aromatic heterocycles. The van der Waals surface area contributed by atoms with E-state index in [9.17, 15) is 9.90 Å². The van der Waals surface area contributed by atoms with Gasteiger partial charge in [-0.25, -0.2) is 0 Å². The van der Waals surface area contributed by atoms with Gasteiger partial charge < -0.3 is 14.6 Å². The summed E-state index contributed by atoms with van der Waals surface area (Å²) in [6.07, 6.45) is 69.9. The smallest absolute Gasteiger partial charge is 0.306 e. The van der Waals surface area contributed by atoms with Crippen molar-refractivity contribution in [2.75, 3.05) is 19.8 Å². The molecule has 0 spiro atoms. The Balaban J connectivity index is 3.46. The van der Waals surface area contributed by atoms with Crippen LogP contribution in [0.3, 0.4) is 0 Å². The highest BCUT2D eigenvalue weighted by molar-refractivity contribution is 5.69. The summed E-state index contributed by atoms with van der Waals surface area (Å²) in [7, 11) is 0. The molecule has 1 unspecified atom stereocenters. The van der Waals surface area contributed by atoms with Crippen LogP contribution in [0.1, 0.15) is 239 Å². The molecule has 0 fully saturated rings. The van der Waals surface area contributed by atoms with E-state index in [1.165, 1.54) is 154 Å². The van der Waals surface area contributed by atoms with Gasteiger partial charge in [0, 0.05) is 13.0 Å². The normalized spacial score (nSPS) is 12.9. The zero-order valence-corrected chi connectivity index (χ0v) is 38.5. The van der Waals surface area contributed by atoms with Crippen LogP contribution in [0.15, 0.2) is 72.9 Å². The number of carbonyl (C=O) groups excluding carboxylic acids is 1. The lowest BCUT2D eigenvalue weighted by atomic mass is 10.0. The molecule has 0 saturated heterocycles. The van der Waals surface area contributed by atoms with E-state index in [0.717, 1.165) is 64.2 Å². The number of ether oxygens (including phenoxy) is 2. The predicted molar refractivity (Wildman–Crippen MR) is 256 cm³/mol. The molecule has 0 rings (SSSR count). The summed E-state index contributed by atoms with van der Waals surface area (Å²) >= 11 is 0. The lowest BCUT2D eigenvalue weighted by Crippen LogP contribution is -2.27. The van der Waals surface area contributed by atoms with Crippen molar-refractivity contribution in [3.63, 3.8) is 0 Å². The summed E-state index contributed by atoms with van der Waals surface area (Å²) in [4.78, 5) is 12.3. The first-order valence-corrected chi connectivity index (χ1v) is 25.0. The first kappa shape index (κ1) is 55.8. The fourth-order valence-corrected chi connectivity index (χ4v) is 7.10. The van der Waals surface area contributed by atoms with Crippen LogP contribution in [0, 0.1) is 0 Å². The zero-order valence-electron chi connectivity index (χ0n) is 38.5. The molecule has 4 heteroatoms. The molecule has 0 amide bonds. The van der Waals surface area contributed by atoms with Gasteiger partial charge >= 0.3 is 5.97 Å². The molecule has 1 atom stereocenters. The van der Waals surface area contributed by atoms with Crippen LogP contribution in [-0.4, -0.2) is 37.0 Å². The SMILES string of the molecule is CC/C=C\C/C=C\C/C=C\C/C=C\C/C=C\C/C=C\CCCCCCCCCOCC(CO)OC(=O)CCCCCCCCCCCCCCCCCCCCCC. The van der Waals surface area contributed by atoms with E-state index in [0.29, 0.717) is 13.0 Å². The fraction of sp³-hybridized carbons (Fsp3) is 0.759. The van der Waals surface area contributed by atoms with E-state index >= 15 is 0 Å². The van der Waals surface area contributed by atoms with E-state index < -0.39 is 6.10 Å². The lowest BCUT2D eigenvalue weighted by molar-refractivity contribution is -0.154. The van der Waals surface area contributed by atoms with Crippen LogP contribution in [0.4, 0.5) is 0 Å². The Bertz CT molecular complexity index is 989. The maximum atomic E-state index is 12.3. The summed E-state index contributed by atoms with van der Waals surface area (Å²) in [6, 6.07) is 0. The largest absolute Gasteiger partial charge is 0.457 e. The molecular formula is C54H96O4. The van der Waals surface area contributed by atoms with Crippen LogP contribution < -0.4 is 0 Å². The molecule has 0 aliphatic rings. The summed E-state index contributed by atoms with van der Waals surface area (Å²) in [5, 5.41) is 9.65. The highest BCUT2D eigenvalue weighted by Gasteiger charge is 2.13. The zero-order chi connectivity index (χ0) is 41.9. The van der Waals surface area contributed by atoms with Gasteiger partial charge in [0.25, 0.3) is 0 Å². The third kappa shape index (κ3) is 48.2. The van der Waals surface area contributed by atoms with E-state index in [1.54, 1.807) is 0 Å². The molecule has 0 bridgehead atoms. The molecule has 1 N–H and O–H groups in total. The van der Waals surface area contributed by atoms with Crippen LogP contribution in [0.25, 0.3) is 0 Å². The van der Waals surface area contributed by atoms with Gasteiger partial charge in [0.1, 0.15) is 6.10 Å². The van der Waals surface area contributed by atoms with Crippen molar-refractivity contribution in [1.82, 2.24) is 0 Å². The minimum atomic E-state index is -0.543. The first-order chi connectivity index (χ1) is 28.7. The van der Waals surface area contributed by atoms with Gasteiger partial charge in [-0.1, -0.05) is 241 Å². The second kappa shape index (κ2) is 51.0. The Morgan fingerprint density at radius 2 is 0.776 bits per heavy atom. The maximum Gasteiger partial charge on any atom is 0.306 e. The minimum Gasteiger partial charge on any atom is -0.457 e. The summed E-state index contributed by atoms with van der Waals surface area (Å²) in [5.41, 5.74) is 0. The Kier molecular flexibility index (Phi) is 49.1. The number of hydrogen-bond donors (Lipinski definition) is 1. The van der Waals surface area contributed by atoms with Crippen molar-refractivity contribution in [3.8, 4) is 0 Å². The quantitative estimate of drug-likeness (QED) is 0.0378. The second-order valence-corrected chi connectivity index (χ2v) is 16.5. The maximum absolute atomic E-state index is 12.3. The average Bonchev–Trinajstić information content (AvgIpc) is 3.23. The second-order valence-electron chi connectivity index (χ2n) is 16.5. The highest BCUT2D eigenvalue weighted by Crippen LogP contribution is 2.16. The van der Waals surface area contributed by atoms with Gasteiger partial charge in [-0.2, -0.15) is 0 Å². The van der Waals surface area contributed by atoms with Crippen LogP contribution >= 0.6 is 0 Å². The van der Waals surface area contributed by atoms with Crippen molar-refractivity contribution in [3.05, 3.63) is 72.9 Å². The Morgan fingerprint density at radius 1 is 0.431 bits per heavy atom. The number of unbranched alkanes of at least 4 members (excludes halogenated alkanes) is 26. The van der Waals surface area contributed by atoms with Crippen molar-refractivity contribution in [1.29, 1.82) is 0 Å². The Labute approximate surface area is 361 Å². The lowest BCUT2D eigenvalue weighted by Gasteiger charge is -2.16. The number of carbonyl (C=O) groups is 1. The molecule has 336 valence electrons. The molecule has 0 aromatic carbocycles. The van der Waals surface area contributed by atoms with E-state index in [1.807, 2.05) is 0 Å². The third-order valence-electron chi connectivity index (χ3n) is 10.8. The third-order valence-corrected chi connectivity index (χ3v) is 10.8. The van der Waals surface area contributed by atoms with E-state index in [4.69, 9.17) is 9.47 Å². The molecular weight excluding hydrogens is 713 g/mol. The van der Waals surface area contributed by atoms with E-state index in [2.05, 4.69) is 86.8 Å². The number of aliphatic hydroxyl groups excluding tert-OH is 1. The van der Waals surface area contributed by atoms with Crippen LogP contribution in [0.2, 0.25) is 0 Å². The molecule has 58 heavy (non-hydrogen) atoms. The van der Waals surface area contributed by atoms with Crippen molar-refractivity contribution < 1.29 is 19.4 Å². The van der Waals surface area contributed by atoms with Gasteiger partial charge in [-0.15, -0.1) is 0 Å². The van der Waals surface area contributed by atoms with Crippen molar-refractivity contribution in [2.45, 2.75) is 245 Å². The summed E-state index contributed by atoms with van der Waals surface area (Å²) in [6.45, 7) is 5.23. The van der Waals surface area contributed by atoms with Gasteiger partial charge in [-0.3, -0.25) is 4.79 Å². The van der Waals surface area contributed by atoms with Crippen molar-refractivity contribution in [2.24, 2.45) is 0 Å². The van der Waals surface area contributed by atoms with Crippen LogP contribution in [-0.2, 0) is 14.3 Å². The van der Waals surface area contributed by atoms with Gasteiger partial charge in [0.05, 0.1) is 13.2 Å². The molecule has 0 radical (unpaired) electrons. The summed E-state index contributed by atoms with van der Waals surface area (Å²) < 4.78 is 11.2. The average molecular weight is 809 g/mol. The van der Waals surface area contributed by atoms with Crippen LogP contribution in [0.5, 0.6) is 0 Å². The minimum absolute atomic E-state index is 0.177. The number of rotatable bonds is 46. The van der Waals surface area contributed by atoms with Gasteiger partial charge in [0.15, 0.2) is 0 Å². The number of aliphatic hydroxyl groups is 1. The Hall–Kier alpha value is -2.17. The van der Waals surface area contributed by atoms with Crippen molar-refractivity contribution >= 4 is 5.97 Å². The van der Waals surface area contributed by atoms with Gasteiger partial charge in [0.2, 0.25) is 0 Å². The fourth-order valence-electron chi connectivity index (χ4n) is 7.10. The molecule has 4 nitrogen and oxygen atoms in total.